The number of ether oxygens (including phenoxy) is 3. The van der Waals surface area contributed by atoms with Crippen LogP contribution in [0.5, 0.6) is 5.75 Å². The second-order valence-corrected chi connectivity index (χ2v) is 12.3. The van der Waals surface area contributed by atoms with Crippen molar-refractivity contribution < 1.29 is 24.1 Å². The molecule has 38 heavy (non-hydrogen) atoms. The Morgan fingerprint density at radius 3 is 2.84 bits per heavy atom. The van der Waals surface area contributed by atoms with Crippen molar-refractivity contribution in [1.29, 1.82) is 0 Å². The molecule has 6 nitrogen and oxygen atoms in total. The minimum atomic E-state index is -0.343. The first-order chi connectivity index (χ1) is 18.3. The van der Waals surface area contributed by atoms with Crippen LogP contribution in [-0.4, -0.2) is 56.2 Å². The molecular weight excluding hydrogens is 502 g/mol. The van der Waals surface area contributed by atoms with Crippen LogP contribution >= 0.6 is 11.6 Å². The minimum Gasteiger partial charge on any atom is -0.490 e. The average molecular weight is 540 g/mol. The Hall–Kier alpha value is -2.28. The summed E-state index contributed by atoms with van der Waals surface area (Å²) in [6.07, 6.45) is 6.76. The summed E-state index contributed by atoms with van der Waals surface area (Å²) in [6.45, 7) is 4.33. The van der Waals surface area contributed by atoms with Crippen LogP contribution in [0.1, 0.15) is 66.9 Å². The molecule has 2 aliphatic heterocycles. The SMILES string of the molecule is COC(=O)c1ccc2c(c1)N(C[C@@H]1CC[C@H]1[C@@H]1C[C@@H](O)C[C@@H](C)O1)C[C@@]1(CCCc3cc(Cl)ccc31)CO2. The molecule has 1 saturated carbocycles. The number of aliphatic hydroxyl groups is 1. The van der Waals surface area contributed by atoms with Crippen LogP contribution in [0.3, 0.4) is 0 Å². The van der Waals surface area contributed by atoms with Gasteiger partial charge in [-0.3, -0.25) is 0 Å². The third kappa shape index (κ3) is 4.80. The maximum Gasteiger partial charge on any atom is 0.337 e. The molecule has 2 aliphatic carbocycles. The van der Waals surface area contributed by atoms with Crippen molar-refractivity contribution in [2.75, 3.05) is 31.7 Å². The number of nitrogens with zero attached hydrogens (tertiary/aromatic N) is 1. The Balaban J connectivity index is 1.34. The van der Waals surface area contributed by atoms with Crippen molar-refractivity contribution in [2.45, 2.75) is 75.6 Å². The van der Waals surface area contributed by atoms with Gasteiger partial charge in [0.25, 0.3) is 0 Å². The summed E-state index contributed by atoms with van der Waals surface area (Å²) in [5.74, 6) is 1.35. The lowest BCUT2D eigenvalue weighted by Gasteiger charge is -2.48. The van der Waals surface area contributed by atoms with Gasteiger partial charge >= 0.3 is 5.97 Å². The lowest BCUT2D eigenvalue weighted by atomic mass is 9.67. The summed E-state index contributed by atoms with van der Waals surface area (Å²) in [5.41, 5.74) is 3.97. The van der Waals surface area contributed by atoms with Gasteiger partial charge in [-0.1, -0.05) is 17.7 Å². The number of hydrogen-bond acceptors (Lipinski definition) is 6. The third-order valence-corrected chi connectivity index (χ3v) is 9.62. The summed E-state index contributed by atoms with van der Waals surface area (Å²) in [4.78, 5) is 14.9. The number of carbonyl (C=O) groups is 1. The van der Waals surface area contributed by atoms with E-state index in [4.69, 9.17) is 25.8 Å². The number of rotatable bonds is 4. The molecule has 0 bridgehead atoms. The number of esters is 1. The van der Waals surface area contributed by atoms with Crippen molar-refractivity contribution in [3.05, 3.63) is 58.1 Å². The molecule has 0 amide bonds. The smallest absolute Gasteiger partial charge is 0.337 e. The molecule has 4 aliphatic rings. The molecule has 0 aromatic heterocycles. The molecule has 0 unspecified atom stereocenters. The highest BCUT2D eigenvalue weighted by Gasteiger charge is 2.45. The number of methoxy groups -OCH3 is 1. The van der Waals surface area contributed by atoms with E-state index in [1.54, 1.807) is 6.07 Å². The van der Waals surface area contributed by atoms with Crippen LogP contribution in [0.15, 0.2) is 36.4 Å². The van der Waals surface area contributed by atoms with Crippen molar-refractivity contribution in [1.82, 2.24) is 0 Å². The summed E-state index contributed by atoms with van der Waals surface area (Å²) >= 11 is 6.39. The summed E-state index contributed by atoms with van der Waals surface area (Å²) in [5, 5.41) is 11.2. The van der Waals surface area contributed by atoms with Crippen LogP contribution in [0.2, 0.25) is 5.02 Å². The zero-order valence-corrected chi connectivity index (χ0v) is 23.1. The summed E-state index contributed by atoms with van der Waals surface area (Å²) in [7, 11) is 1.42. The first-order valence-corrected chi connectivity index (χ1v) is 14.5. The third-order valence-electron chi connectivity index (χ3n) is 9.38. The molecule has 6 atom stereocenters. The van der Waals surface area contributed by atoms with E-state index < -0.39 is 0 Å². The van der Waals surface area contributed by atoms with Gasteiger partial charge in [-0.2, -0.15) is 0 Å². The van der Waals surface area contributed by atoms with Gasteiger partial charge in [0.2, 0.25) is 0 Å². The standard InChI is InChI=1S/C31H38ClNO5/c1-19-12-24(34)15-29(38-19)25-8-5-22(25)16-33-17-31(11-3-4-20-13-23(32)7-9-26(20)31)18-37-28-10-6-21(14-27(28)33)30(35)36-2/h6-7,9-10,13-14,19,22,24-25,29,34H,3-5,8,11-12,15-18H2,1-2H3/t19-,22+,24+,25-,29+,31+/m1/s1. The van der Waals surface area contributed by atoms with Crippen molar-refractivity contribution in [3.63, 3.8) is 0 Å². The Labute approximate surface area is 230 Å². The van der Waals surface area contributed by atoms with E-state index in [1.807, 2.05) is 18.2 Å². The maximum absolute atomic E-state index is 12.5. The molecule has 2 fully saturated rings. The van der Waals surface area contributed by atoms with E-state index in [1.165, 1.54) is 18.2 Å². The zero-order valence-electron chi connectivity index (χ0n) is 22.3. The van der Waals surface area contributed by atoms with Gasteiger partial charge in [0.1, 0.15) is 5.75 Å². The molecule has 1 N–H and O–H groups in total. The van der Waals surface area contributed by atoms with Gasteiger partial charge < -0.3 is 24.2 Å². The zero-order chi connectivity index (χ0) is 26.4. The van der Waals surface area contributed by atoms with Crippen LogP contribution in [0.4, 0.5) is 5.69 Å². The van der Waals surface area contributed by atoms with Gasteiger partial charge in [0.05, 0.1) is 43.3 Å². The number of carbonyl (C=O) groups excluding carboxylic acids is 1. The second-order valence-electron chi connectivity index (χ2n) is 11.9. The molecule has 1 saturated heterocycles. The number of aliphatic hydroxyl groups excluding tert-OH is 1. The Morgan fingerprint density at radius 2 is 2.08 bits per heavy atom. The quantitative estimate of drug-likeness (QED) is 0.513. The van der Waals surface area contributed by atoms with E-state index in [-0.39, 0.29) is 29.7 Å². The van der Waals surface area contributed by atoms with Gasteiger partial charge in [-0.25, -0.2) is 4.79 Å². The van der Waals surface area contributed by atoms with Gasteiger partial charge in [0.15, 0.2) is 0 Å². The Bertz CT molecular complexity index is 1190. The van der Waals surface area contributed by atoms with Crippen molar-refractivity contribution in [2.24, 2.45) is 11.8 Å². The molecule has 2 heterocycles. The monoisotopic (exact) mass is 539 g/mol. The lowest BCUT2D eigenvalue weighted by molar-refractivity contribution is -0.135. The van der Waals surface area contributed by atoms with E-state index in [9.17, 15) is 9.90 Å². The molecule has 204 valence electrons. The Morgan fingerprint density at radius 1 is 1.21 bits per heavy atom. The van der Waals surface area contributed by atoms with Crippen LogP contribution in [0, 0.1) is 11.8 Å². The molecule has 6 rings (SSSR count). The van der Waals surface area contributed by atoms with Crippen molar-refractivity contribution in [3.8, 4) is 5.75 Å². The fourth-order valence-corrected chi connectivity index (χ4v) is 7.58. The number of benzene rings is 2. The van der Waals surface area contributed by atoms with E-state index in [0.717, 1.165) is 68.1 Å². The molecule has 2 aromatic rings. The first-order valence-electron chi connectivity index (χ1n) is 14.1. The van der Waals surface area contributed by atoms with Gasteiger partial charge in [0, 0.05) is 23.5 Å². The summed E-state index contributed by atoms with van der Waals surface area (Å²) in [6, 6.07) is 12.0. The number of aryl methyl sites for hydroxylation is 1. The molecule has 2 aromatic carbocycles. The molecule has 0 radical (unpaired) electrons. The van der Waals surface area contributed by atoms with E-state index >= 15 is 0 Å². The predicted molar refractivity (Wildman–Crippen MR) is 147 cm³/mol. The van der Waals surface area contributed by atoms with Gasteiger partial charge in [-0.05, 0) is 105 Å². The number of hydrogen-bond donors (Lipinski definition) is 1. The van der Waals surface area contributed by atoms with Crippen LogP contribution in [-0.2, 0) is 21.3 Å². The topological polar surface area (TPSA) is 68.2 Å². The number of anilines is 1. The molecular formula is C31H38ClNO5. The second kappa shape index (κ2) is 10.4. The average Bonchev–Trinajstić information content (AvgIpc) is 3.02. The minimum absolute atomic E-state index is 0.0914. The maximum atomic E-state index is 12.5. The normalized spacial score (nSPS) is 32.4. The Kier molecular flexibility index (Phi) is 7.08. The van der Waals surface area contributed by atoms with Crippen LogP contribution < -0.4 is 9.64 Å². The van der Waals surface area contributed by atoms with E-state index in [2.05, 4.69) is 24.0 Å². The highest BCUT2D eigenvalue weighted by atomic mass is 35.5. The van der Waals surface area contributed by atoms with E-state index in [0.29, 0.717) is 30.4 Å². The lowest BCUT2D eigenvalue weighted by Crippen LogP contribution is -2.51. The number of halogens is 1. The largest absolute Gasteiger partial charge is 0.490 e. The number of fused-ring (bicyclic) bond motifs is 3. The fourth-order valence-electron chi connectivity index (χ4n) is 7.39. The predicted octanol–water partition coefficient (Wildman–Crippen LogP) is 5.55. The molecule has 7 heteroatoms. The van der Waals surface area contributed by atoms with Gasteiger partial charge in [-0.15, -0.1) is 0 Å². The van der Waals surface area contributed by atoms with Crippen molar-refractivity contribution >= 4 is 23.3 Å². The first kappa shape index (κ1) is 26.0. The summed E-state index contributed by atoms with van der Waals surface area (Å²) < 4.78 is 17.9. The highest BCUT2D eigenvalue weighted by molar-refractivity contribution is 6.30. The fraction of sp³-hybridized carbons (Fsp3) is 0.581. The van der Waals surface area contributed by atoms with Crippen LogP contribution in [0.25, 0.3) is 0 Å². The molecule has 1 spiro atoms. The highest BCUT2D eigenvalue weighted by Crippen LogP contribution is 2.47.